The van der Waals surface area contributed by atoms with Crippen molar-refractivity contribution in [2.75, 3.05) is 18.0 Å². The number of rotatable bonds is 4. The molecule has 1 atom stereocenters. The van der Waals surface area contributed by atoms with Crippen LogP contribution in [0.2, 0.25) is 0 Å². The van der Waals surface area contributed by atoms with Gasteiger partial charge in [0.2, 0.25) is 5.91 Å². The third-order valence-corrected chi connectivity index (χ3v) is 6.51. The number of aryl methyl sites for hydroxylation is 2. The molecule has 33 heavy (non-hydrogen) atoms. The van der Waals surface area contributed by atoms with E-state index in [2.05, 4.69) is 10.2 Å². The maximum absolute atomic E-state index is 13.3. The molecular weight excluding hydrogens is 423 g/mol. The topological polar surface area (TPSA) is 95.1 Å². The van der Waals surface area contributed by atoms with Crippen LogP contribution in [0, 0.1) is 19.7 Å². The Balaban J connectivity index is 1.41. The lowest BCUT2D eigenvalue weighted by molar-refractivity contribution is -0.119. The van der Waals surface area contributed by atoms with E-state index < -0.39 is 0 Å². The molecule has 0 saturated carbocycles. The quantitative estimate of drug-likeness (QED) is 0.662. The van der Waals surface area contributed by atoms with Crippen LogP contribution < -0.4 is 4.90 Å². The summed E-state index contributed by atoms with van der Waals surface area (Å²) in [7, 11) is 0. The highest BCUT2D eigenvalue weighted by molar-refractivity contribution is 5.96. The van der Waals surface area contributed by atoms with Gasteiger partial charge in [0, 0.05) is 42.4 Å². The molecule has 1 aromatic carbocycles. The molecule has 0 radical (unpaired) electrons. The third-order valence-electron chi connectivity index (χ3n) is 6.51. The largest absolute Gasteiger partial charge is 0.338 e. The van der Waals surface area contributed by atoms with Crippen LogP contribution in [0.3, 0.4) is 0 Å². The first-order valence-corrected chi connectivity index (χ1v) is 11.1. The minimum absolute atomic E-state index is 0.00476. The number of carbonyl (C=O) groups is 2. The van der Waals surface area contributed by atoms with Crippen LogP contribution in [0.15, 0.2) is 30.5 Å². The Morgan fingerprint density at radius 1 is 1.18 bits per heavy atom. The second-order valence-electron chi connectivity index (χ2n) is 8.72. The van der Waals surface area contributed by atoms with Gasteiger partial charge in [-0.25, -0.2) is 14.4 Å². The summed E-state index contributed by atoms with van der Waals surface area (Å²) in [4.78, 5) is 38.8. The van der Waals surface area contributed by atoms with Crippen molar-refractivity contribution in [3.05, 3.63) is 70.2 Å². The summed E-state index contributed by atoms with van der Waals surface area (Å²) >= 11 is 0. The number of hydrogen-bond donors (Lipinski definition) is 1. The van der Waals surface area contributed by atoms with Crippen molar-refractivity contribution in [3.8, 4) is 0 Å². The maximum Gasteiger partial charge on any atom is 0.257 e. The smallest absolute Gasteiger partial charge is 0.257 e. The maximum atomic E-state index is 13.3. The number of aromatic nitrogens is 4. The molecule has 2 amide bonds. The molecule has 9 heteroatoms. The highest BCUT2D eigenvalue weighted by Crippen LogP contribution is 2.33. The van der Waals surface area contributed by atoms with Gasteiger partial charge in [-0.3, -0.25) is 19.6 Å². The minimum atomic E-state index is -0.310. The fourth-order valence-electron chi connectivity index (χ4n) is 4.61. The molecule has 8 nitrogen and oxygen atoms in total. The van der Waals surface area contributed by atoms with Crippen LogP contribution in [0.4, 0.5) is 10.2 Å². The van der Waals surface area contributed by atoms with Gasteiger partial charge in [-0.2, -0.15) is 5.10 Å². The summed E-state index contributed by atoms with van der Waals surface area (Å²) in [6, 6.07) is 6.16. The Labute approximate surface area is 190 Å². The molecule has 1 fully saturated rings. The van der Waals surface area contributed by atoms with E-state index in [1.54, 1.807) is 23.2 Å². The molecule has 0 bridgehead atoms. The van der Waals surface area contributed by atoms with Gasteiger partial charge in [0.25, 0.3) is 5.91 Å². The second kappa shape index (κ2) is 8.38. The standard InChI is InChI=1S/C24H25FN6O2/c1-14-19-7-8-21(32)31(12-16-3-5-18(25)6-4-16)23(19)28-22(27-14)17-9-10-30(13-17)24(33)20-11-26-29-15(20)2/h3-6,11,17H,7-10,12-13H2,1-2H3,(H,26,29)/t17-/m0/s1. The summed E-state index contributed by atoms with van der Waals surface area (Å²) in [5.41, 5.74) is 4.00. The van der Waals surface area contributed by atoms with Crippen LogP contribution in [0.5, 0.6) is 0 Å². The van der Waals surface area contributed by atoms with Gasteiger partial charge in [0.15, 0.2) is 0 Å². The van der Waals surface area contributed by atoms with E-state index in [1.807, 2.05) is 18.7 Å². The first kappa shape index (κ1) is 21.2. The number of benzene rings is 1. The predicted octanol–water partition coefficient (Wildman–Crippen LogP) is 3.06. The number of likely N-dealkylation sites (tertiary alicyclic amines) is 1. The number of H-pyrrole nitrogens is 1. The van der Waals surface area contributed by atoms with Crippen molar-refractivity contribution in [2.45, 2.75) is 45.6 Å². The number of nitrogens with zero attached hydrogens (tertiary/aromatic N) is 5. The molecule has 5 rings (SSSR count). The Morgan fingerprint density at radius 2 is 1.97 bits per heavy atom. The molecule has 3 aromatic rings. The van der Waals surface area contributed by atoms with Crippen LogP contribution in [-0.4, -0.2) is 50.0 Å². The highest BCUT2D eigenvalue weighted by atomic mass is 19.1. The average Bonchev–Trinajstić information content (AvgIpc) is 3.46. The molecular formula is C24H25FN6O2. The Bertz CT molecular complexity index is 1220. The molecule has 1 saturated heterocycles. The minimum Gasteiger partial charge on any atom is -0.338 e. The molecule has 170 valence electrons. The normalized spacial score (nSPS) is 18.0. The van der Waals surface area contributed by atoms with Crippen molar-refractivity contribution in [2.24, 2.45) is 0 Å². The van der Waals surface area contributed by atoms with Crippen molar-refractivity contribution >= 4 is 17.6 Å². The number of carbonyl (C=O) groups excluding carboxylic acids is 2. The van der Waals surface area contributed by atoms with E-state index in [-0.39, 0.29) is 23.5 Å². The Hall–Kier alpha value is -3.62. The van der Waals surface area contributed by atoms with E-state index in [0.29, 0.717) is 49.7 Å². The van der Waals surface area contributed by atoms with Crippen molar-refractivity contribution in [1.29, 1.82) is 0 Å². The lowest BCUT2D eigenvalue weighted by Crippen LogP contribution is -2.36. The fraction of sp³-hybridized carbons (Fsp3) is 0.375. The summed E-state index contributed by atoms with van der Waals surface area (Å²) < 4.78 is 13.3. The van der Waals surface area contributed by atoms with Gasteiger partial charge in [0.1, 0.15) is 17.5 Å². The van der Waals surface area contributed by atoms with Gasteiger partial charge in [-0.15, -0.1) is 0 Å². The number of aromatic amines is 1. The zero-order valence-corrected chi connectivity index (χ0v) is 18.6. The molecule has 0 unspecified atom stereocenters. The molecule has 2 aromatic heterocycles. The van der Waals surface area contributed by atoms with E-state index in [9.17, 15) is 14.0 Å². The molecule has 0 spiro atoms. The number of anilines is 1. The number of nitrogens with one attached hydrogen (secondary N) is 1. The van der Waals surface area contributed by atoms with Crippen molar-refractivity contribution in [1.82, 2.24) is 25.1 Å². The molecule has 2 aliphatic rings. The zero-order chi connectivity index (χ0) is 23.1. The molecule has 0 aliphatic carbocycles. The average molecular weight is 449 g/mol. The van der Waals surface area contributed by atoms with E-state index >= 15 is 0 Å². The summed E-state index contributed by atoms with van der Waals surface area (Å²) in [5, 5.41) is 6.76. The lowest BCUT2D eigenvalue weighted by atomic mass is 10.0. The number of halogens is 1. The highest BCUT2D eigenvalue weighted by Gasteiger charge is 2.34. The fourth-order valence-corrected chi connectivity index (χ4v) is 4.61. The molecule has 4 heterocycles. The molecule has 2 aliphatic heterocycles. The first-order chi connectivity index (χ1) is 15.9. The third kappa shape index (κ3) is 3.99. The van der Waals surface area contributed by atoms with Gasteiger partial charge >= 0.3 is 0 Å². The number of fused-ring (bicyclic) bond motifs is 1. The number of amides is 2. The van der Waals surface area contributed by atoms with E-state index in [4.69, 9.17) is 9.97 Å². The summed E-state index contributed by atoms with van der Waals surface area (Å²) in [6.07, 6.45) is 3.32. The summed E-state index contributed by atoms with van der Waals surface area (Å²) in [5.74, 6) is 0.921. The van der Waals surface area contributed by atoms with Crippen molar-refractivity contribution < 1.29 is 14.0 Å². The van der Waals surface area contributed by atoms with Crippen LogP contribution >= 0.6 is 0 Å². The van der Waals surface area contributed by atoms with Gasteiger partial charge in [0.05, 0.1) is 18.3 Å². The second-order valence-corrected chi connectivity index (χ2v) is 8.72. The molecule has 1 N–H and O–H groups in total. The number of hydrogen-bond acceptors (Lipinski definition) is 5. The van der Waals surface area contributed by atoms with Crippen molar-refractivity contribution in [3.63, 3.8) is 0 Å². The van der Waals surface area contributed by atoms with Gasteiger partial charge in [-0.1, -0.05) is 12.1 Å². The summed E-state index contributed by atoms with van der Waals surface area (Å²) in [6.45, 7) is 5.25. The van der Waals surface area contributed by atoms with E-state index in [1.165, 1.54) is 12.1 Å². The Morgan fingerprint density at radius 3 is 2.70 bits per heavy atom. The lowest BCUT2D eigenvalue weighted by Gasteiger charge is -2.30. The SMILES string of the molecule is Cc1nc([C@H]2CCN(C(=O)c3cn[nH]c3C)C2)nc2c1CCC(=O)N2Cc1ccc(F)cc1. The van der Waals surface area contributed by atoms with Gasteiger partial charge < -0.3 is 4.90 Å². The zero-order valence-electron chi connectivity index (χ0n) is 18.6. The van der Waals surface area contributed by atoms with Crippen LogP contribution in [0.25, 0.3) is 0 Å². The predicted molar refractivity (Wildman–Crippen MR) is 119 cm³/mol. The Kier molecular flexibility index (Phi) is 5.39. The van der Waals surface area contributed by atoms with E-state index in [0.717, 1.165) is 28.9 Å². The van der Waals surface area contributed by atoms with Gasteiger partial charge in [-0.05, 0) is 44.4 Å². The van der Waals surface area contributed by atoms with Crippen LogP contribution in [-0.2, 0) is 17.8 Å². The van der Waals surface area contributed by atoms with Crippen LogP contribution in [0.1, 0.15) is 57.5 Å². The monoisotopic (exact) mass is 448 g/mol. The first-order valence-electron chi connectivity index (χ1n) is 11.1.